The first-order valence-corrected chi connectivity index (χ1v) is 6.33. The minimum Gasteiger partial charge on any atom is -0.355 e. The molecule has 1 saturated carbocycles. The van der Waals surface area contributed by atoms with Crippen molar-refractivity contribution in [2.75, 3.05) is 6.54 Å². The SMILES string of the molecule is CC1CC(C(=O)NCC(C)(C)C)CCC1N. The minimum atomic E-state index is 0.159. The number of hydrogen-bond donors (Lipinski definition) is 2. The third-order valence-corrected chi connectivity index (χ3v) is 3.40. The number of amides is 1. The Bertz CT molecular complexity index is 245. The molecule has 1 amide bonds. The molecule has 0 aromatic heterocycles. The summed E-state index contributed by atoms with van der Waals surface area (Å²) in [4.78, 5) is 11.9. The summed E-state index contributed by atoms with van der Waals surface area (Å²) in [5, 5.41) is 3.05. The zero-order chi connectivity index (χ0) is 12.3. The van der Waals surface area contributed by atoms with Crippen LogP contribution in [0.1, 0.15) is 47.0 Å². The minimum absolute atomic E-state index is 0.159. The molecule has 94 valence electrons. The van der Waals surface area contributed by atoms with Crippen LogP contribution < -0.4 is 11.1 Å². The second-order valence-corrected chi connectivity index (χ2v) is 6.43. The molecule has 3 heteroatoms. The van der Waals surface area contributed by atoms with Crippen molar-refractivity contribution < 1.29 is 4.79 Å². The van der Waals surface area contributed by atoms with E-state index in [1.165, 1.54) is 0 Å². The van der Waals surface area contributed by atoms with E-state index in [4.69, 9.17) is 5.73 Å². The molecule has 1 aliphatic rings. The van der Waals surface area contributed by atoms with Gasteiger partial charge in [0.2, 0.25) is 5.91 Å². The van der Waals surface area contributed by atoms with Crippen LogP contribution in [0.3, 0.4) is 0 Å². The van der Waals surface area contributed by atoms with Gasteiger partial charge in [0.15, 0.2) is 0 Å². The van der Waals surface area contributed by atoms with Crippen LogP contribution in [0.25, 0.3) is 0 Å². The number of nitrogens with two attached hydrogens (primary N) is 1. The molecule has 0 aliphatic heterocycles. The van der Waals surface area contributed by atoms with Crippen molar-refractivity contribution in [3.8, 4) is 0 Å². The van der Waals surface area contributed by atoms with Gasteiger partial charge in [0.25, 0.3) is 0 Å². The van der Waals surface area contributed by atoms with E-state index in [2.05, 4.69) is 33.0 Å². The van der Waals surface area contributed by atoms with Gasteiger partial charge >= 0.3 is 0 Å². The lowest BCUT2D eigenvalue weighted by atomic mass is 9.79. The third kappa shape index (κ3) is 4.12. The fourth-order valence-electron chi connectivity index (χ4n) is 2.15. The number of carbonyl (C=O) groups is 1. The molecule has 0 spiro atoms. The Morgan fingerprint density at radius 1 is 1.38 bits per heavy atom. The standard InChI is InChI=1S/C13H26N2O/c1-9-7-10(5-6-11(9)14)12(16)15-8-13(2,3)4/h9-11H,5-8,14H2,1-4H3,(H,15,16). The van der Waals surface area contributed by atoms with Gasteiger partial charge in [-0.05, 0) is 30.6 Å². The highest BCUT2D eigenvalue weighted by Gasteiger charge is 2.29. The van der Waals surface area contributed by atoms with Crippen molar-refractivity contribution in [3.63, 3.8) is 0 Å². The molecule has 1 aliphatic carbocycles. The fraction of sp³-hybridized carbons (Fsp3) is 0.923. The molecule has 3 unspecified atom stereocenters. The van der Waals surface area contributed by atoms with E-state index in [9.17, 15) is 4.79 Å². The largest absolute Gasteiger partial charge is 0.355 e. The van der Waals surface area contributed by atoms with Crippen molar-refractivity contribution in [2.24, 2.45) is 23.0 Å². The quantitative estimate of drug-likeness (QED) is 0.755. The lowest BCUT2D eigenvalue weighted by Gasteiger charge is -2.31. The Kier molecular flexibility index (Phi) is 4.36. The summed E-state index contributed by atoms with van der Waals surface area (Å²) in [6, 6.07) is 0.284. The number of nitrogens with one attached hydrogen (secondary N) is 1. The second kappa shape index (κ2) is 5.17. The predicted molar refractivity (Wildman–Crippen MR) is 66.9 cm³/mol. The molecule has 0 heterocycles. The van der Waals surface area contributed by atoms with Crippen LogP contribution in [0.4, 0.5) is 0 Å². The summed E-state index contributed by atoms with van der Waals surface area (Å²) in [7, 11) is 0. The Balaban J connectivity index is 2.38. The molecular formula is C13H26N2O. The molecule has 3 atom stereocenters. The molecule has 0 bridgehead atoms. The van der Waals surface area contributed by atoms with Gasteiger partial charge in [0.05, 0.1) is 0 Å². The van der Waals surface area contributed by atoms with Crippen molar-refractivity contribution in [3.05, 3.63) is 0 Å². The van der Waals surface area contributed by atoms with Crippen molar-refractivity contribution in [1.29, 1.82) is 0 Å². The van der Waals surface area contributed by atoms with Crippen LogP contribution >= 0.6 is 0 Å². The molecule has 1 rings (SSSR count). The van der Waals surface area contributed by atoms with Gasteiger partial charge in [0.1, 0.15) is 0 Å². The predicted octanol–water partition coefficient (Wildman–Crippen LogP) is 1.91. The zero-order valence-corrected chi connectivity index (χ0v) is 11.0. The summed E-state index contributed by atoms with van der Waals surface area (Å²) in [5.74, 6) is 0.866. The van der Waals surface area contributed by atoms with E-state index >= 15 is 0 Å². The third-order valence-electron chi connectivity index (χ3n) is 3.40. The number of hydrogen-bond acceptors (Lipinski definition) is 2. The number of rotatable bonds is 2. The second-order valence-electron chi connectivity index (χ2n) is 6.43. The molecular weight excluding hydrogens is 200 g/mol. The highest BCUT2D eigenvalue weighted by atomic mass is 16.1. The van der Waals surface area contributed by atoms with Gasteiger partial charge < -0.3 is 11.1 Å². The molecule has 0 aromatic rings. The maximum Gasteiger partial charge on any atom is 0.223 e. The van der Waals surface area contributed by atoms with Crippen LogP contribution in [0, 0.1) is 17.3 Å². The van der Waals surface area contributed by atoms with Crippen molar-refractivity contribution in [1.82, 2.24) is 5.32 Å². The maximum atomic E-state index is 11.9. The van der Waals surface area contributed by atoms with Gasteiger partial charge in [-0.2, -0.15) is 0 Å². The summed E-state index contributed by atoms with van der Waals surface area (Å²) < 4.78 is 0. The van der Waals surface area contributed by atoms with E-state index in [1.807, 2.05) is 0 Å². The number of carbonyl (C=O) groups excluding carboxylic acids is 1. The van der Waals surface area contributed by atoms with E-state index in [0.717, 1.165) is 25.8 Å². The molecule has 1 fully saturated rings. The monoisotopic (exact) mass is 226 g/mol. The Morgan fingerprint density at radius 3 is 2.50 bits per heavy atom. The first kappa shape index (κ1) is 13.5. The van der Waals surface area contributed by atoms with Gasteiger partial charge in [0, 0.05) is 18.5 Å². The first-order valence-electron chi connectivity index (χ1n) is 6.33. The topological polar surface area (TPSA) is 55.1 Å². The first-order chi connectivity index (χ1) is 7.29. The van der Waals surface area contributed by atoms with E-state index in [0.29, 0.717) is 5.92 Å². The Morgan fingerprint density at radius 2 is 2.00 bits per heavy atom. The van der Waals surface area contributed by atoms with Crippen LogP contribution in [0.2, 0.25) is 0 Å². The van der Waals surface area contributed by atoms with Crippen LogP contribution in [-0.2, 0) is 4.79 Å². The van der Waals surface area contributed by atoms with Gasteiger partial charge in [-0.1, -0.05) is 27.7 Å². The Hall–Kier alpha value is -0.570. The van der Waals surface area contributed by atoms with E-state index in [-0.39, 0.29) is 23.3 Å². The summed E-state index contributed by atoms with van der Waals surface area (Å²) in [6.45, 7) is 9.29. The Labute approximate surface area is 99.2 Å². The maximum absolute atomic E-state index is 11.9. The fourth-order valence-corrected chi connectivity index (χ4v) is 2.15. The van der Waals surface area contributed by atoms with Crippen LogP contribution in [-0.4, -0.2) is 18.5 Å². The highest BCUT2D eigenvalue weighted by Crippen LogP contribution is 2.28. The van der Waals surface area contributed by atoms with Gasteiger partial charge in [-0.25, -0.2) is 0 Å². The molecule has 16 heavy (non-hydrogen) atoms. The molecule has 0 saturated heterocycles. The van der Waals surface area contributed by atoms with Crippen LogP contribution in [0.15, 0.2) is 0 Å². The molecule has 0 aromatic carbocycles. The lowest BCUT2D eigenvalue weighted by Crippen LogP contribution is -2.42. The molecule has 3 N–H and O–H groups in total. The van der Waals surface area contributed by atoms with E-state index in [1.54, 1.807) is 0 Å². The van der Waals surface area contributed by atoms with Crippen molar-refractivity contribution >= 4 is 5.91 Å². The summed E-state index contributed by atoms with van der Waals surface area (Å²) >= 11 is 0. The van der Waals surface area contributed by atoms with Gasteiger partial charge in [-0.15, -0.1) is 0 Å². The van der Waals surface area contributed by atoms with Crippen molar-refractivity contribution in [2.45, 2.75) is 53.0 Å². The highest BCUT2D eigenvalue weighted by molar-refractivity contribution is 5.78. The summed E-state index contributed by atoms with van der Waals surface area (Å²) in [6.07, 6.45) is 2.87. The average Bonchev–Trinajstić information content (AvgIpc) is 2.17. The van der Waals surface area contributed by atoms with E-state index < -0.39 is 0 Å². The smallest absolute Gasteiger partial charge is 0.223 e. The molecule has 3 nitrogen and oxygen atoms in total. The molecule has 0 radical (unpaired) electrons. The normalized spacial score (nSPS) is 31.2. The average molecular weight is 226 g/mol. The van der Waals surface area contributed by atoms with Gasteiger partial charge in [-0.3, -0.25) is 4.79 Å². The zero-order valence-electron chi connectivity index (χ0n) is 11.0. The lowest BCUT2D eigenvalue weighted by molar-refractivity contribution is -0.126. The summed E-state index contributed by atoms with van der Waals surface area (Å²) in [5.41, 5.74) is 6.11. The van der Waals surface area contributed by atoms with Crippen LogP contribution in [0.5, 0.6) is 0 Å².